The van der Waals surface area contributed by atoms with Gasteiger partial charge in [0, 0.05) is 12.3 Å². The number of aromatic nitrogens is 3. The Morgan fingerprint density at radius 3 is 2.82 bits per heavy atom. The maximum absolute atomic E-state index is 5.47. The molecular weight excluding hydrogens is 294 g/mol. The van der Waals surface area contributed by atoms with Crippen LogP contribution >= 0.6 is 11.8 Å². The van der Waals surface area contributed by atoms with E-state index in [0.717, 1.165) is 35.5 Å². The Morgan fingerprint density at radius 2 is 2.09 bits per heavy atom. The molecule has 3 rings (SSSR count). The van der Waals surface area contributed by atoms with Gasteiger partial charge in [-0.05, 0) is 31.0 Å². The van der Waals surface area contributed by atoms with Crippen molar-refractivity contribution in [2.45, 2.75) is 37.7 Å². The Kier molecular flexibility index (Phi) is 4.63. The Balaban J connectivity index is 1.81. The van der Waals surface area contributed by atoms with Gasteiger partial charge in [-0.3, -0.25) is 4.57 Å². The highest BCUT2D eigenvalue weighted by Gasteiger charge is 2.15. The monoisotopic (exact) mass is 313 g/mol. The number of nitrogens with zero attached hydrogens (tertiary/aromatic N) is 3. The van der Waals surface area contributed by atoms with E-state index in [9.17, 15) is 0 Å². The molecule has 0 aliphatic rings. The third-order valence-electron chi connectivity index (χ3n) is 3.36. The van der Waals surface area contributed by atoms with Crippen molar-refractivity contribution in [3.8, 4) is 11.6 Å². The molecule has 3 aromatic rings. The molecule has 1 aromatic carbocycles. The highest BCUT2D eigenvalue weighted by atomic mass is 32.2. The van der Waals surface area contributed by atoms with Gasteiger partial charge in [0.1, 0.15) is 0 Å². The second-order valence-corrected chi connectivity index (χ2v) is 6.16. The summed E-state index contributed by atoms with van der Waals surface area (Å²) in [5.41, 5.74) is 2.58. The largest absolute Gasteiger partial charge is 0.461 e. The average Bonchev–Trinajstić information content (AvgIpc) is 3.15. The zero-order valence-electron chi connectivity index (χ0n) is 12.8. The van der Waals surface area contributed by atoms with Crippen LogP contribution in [-0.2, 0) is 12.3 Å². The molecule has 0 bridgehead atoms. The molecule has 0 spiro atoms. The van der Waals surface area contributed by atoms with E-state index in [1.807, 2.05) is 12.1 Å². The fourth-order valence-corrected chi connectivity index (χ4v) is 3.27. The smallest absolute Gasteiger partial charge is 0.200 e. The fourth-order valence-electron chi connectivity index (χ4n) is 2.36. The van der Waals surface area contributed by atoms with E-state index in [0.29, 0.717) is 0 Å². The van der Waals surface area contributed by atoms with E-state index in [-0.39, 0.29) is 0 Å². The number of hydrogen-bond donors (Lipinski definition) is 0. The zero-order valence-corrected chi connectivity index (χ0v) is 13.6. The average molecular weight is 313 g/mol. The first-order valence-electron chi connectivity index (χ1n) is 7.43. The third-order valence-corrected chi connectivity index (χ3v) is 4.39. The molecule has 2 heterocycles. The van der Waals surface area contributed by atoms with Crippen LogP contribution < -0.4 is 0 Å². The second kappa shape index (κ2) is 6.83. The molecule has 0 fully saturated rings. The maximum Gasteiger partial charge on any atom is 0.200 e. The molecule has 0 saturated carbocycles. The van der Waals surface area contributed by atoms with Crippen LogP contribution in [0, 0.1) is 6.92 Å². The predicted molar refractivity (Wildman–Crippen MR) is 88.8 cm³/mol. The van der Waals surface area contributed by atoms with Crippen molar-refractivity contribution in [3.63, 3.8) is 0 Å². The van der Waals surface area contributed by atoms with Gasteiger partial charge in [-0.2, -0.15) is 0 Å². The summed E-state index contributed by atoms with van der Waals surface area (Å²) >= 11 is 1.71. The lowest BCUT2D eigenvalue weighted by Gasteiger charge is -2.07. The first-order chi connectivity index (χ1) is 10.8. The Morgan fingerprint density at radius 1 is 1.18 bits per heavy atom. The molecular formula is C17H19N3OS. The number of thioether (sulfide) groups is 1. The topological polar surface area (TPSA) is 43.9 Å². The van der Waals surface area contributed by atoms with Gasteiger partial charge >= 0.3 is 0 Å². The van der Waals surface area contributed by atoms with Crippen molar-refractivity contribution in [2.75, 3.05) is 0 Å². The first-order valence-corrected chi connectivity index (χ1v) is 8.42. The molecule has 2 aromatic heterocycles. The van der Waals surface area contributed by atoms with Crippen LogP contribution in [0.4, 0.5) is 0 Å². The van der Waals surface area contributed by atoms with Crippen LogP contribution in [0.1, 0.15) is 24.5 Å². The molecule has 5 heteroatoms. The molecule has 4 nitrogen and oxygen atoms in total. The van der Waals surface area contributed by atoms with Crippen molar-refractivity contribution in [1.82, 2.24) is 14.8 Å². The predicted octanol–water partition coefficient (Wildman–Crippen LogP) is 4.55. The summed E-state index contributed by atoms with van der Waals surface area (Å²) < 4.78 is 7.60. The highest BCUT2D eigenvalue weighted by Crippen LogP contribution is 2.27. The summed E-state index contributed by atoms with van der Waals surface area (Å²) in [4.78, 5) is 0. The van der Waals surface area contributed by atoms with Gasteiger partial charge in [-0.15, -0.1) is 10.2 Å². The van der Waals surface area contributed by atoms with Gasteiger partial charge in [-0.25, -0.2) is 0 Å². The van der Waals surface area contributed by atoms with Gasteiger partial charge in [0.15, 0.2) is 16.7 Å². The molecule has 0 amide bonds. The lowest BCUT2D eigenvalue weighted by atomic mass is 10.2. The molecule has 0 aliphatic heterocycles. The highest BCUT2D eigenvalue weighted by molar-refractivity contribution is 7.98. The van der Waals surface area contributed by atoms with Crippen LogP contribution in [0.15, 0.2) is 52.2 Å². The van der Waals surface area contributed by atoms with Crippen LogP contribution in [-0.4, -0.2) is 14.8 Å². The number of rotatable bonds is 6. The number of hydrogen-bond acceptors (Lipinski definition) is 4. The van der Waals surface area contributed by atoms with E-state index < -0.39 is 0 Å². The van der Waals surface area contributed by atoms with Crippen LogP contribution in [0.2, 0.25) is 0 Å². The molecule has 0 unspecified atom stereocenters. The summed E-state index contributed by atoms with van der Waals surface area (Å²) in [6.45, 7) is 5.16. The minimum Gasteiger partial charge on any atom is -0.461 e. The molecule has 0 aliphatic carbocycles. The van der Waals surface area contributed by atoms with E-state index >= 15 is 0 Å². The minimum absolute atomic E-state index is 0.767. The summed E-state index contributed by atoms with van der Waals surface area (Å²) in [5, 5.41) is 9.59. The van der Waals surface area contributed by atoms with Crippen LogP contribution in [0.5, 0.6) is 0 Å². The summed E-state index contributed by atoms with van der Waals surface area (Å²) in [6.07, 6.45) is 2.70. The van der Waals surface area contributed by atoms with Gasteiger partial charge in [0.25, 0.3) is 0 Å². The fraction of sp³-hybridized carbons (Fsp3) is 0.294. The van der Waals surface area contributed by atoms with E-state index in [1.54, 1.807) is 18.0 Å². The third kappa shape index (κ3) is 3.25. The molecule has 0 N–H and O–H groups in total. The van der Waals surface area contributed by atoms with E-state index in [4.69, 9.17) is 4.42 Å². The normalized spacial score (nSPS) is 11.0. The van der Waals surface area contributed by atoms with Crippen molar-refractivity contribution < 1.29 is 4.42 Å². The minimum atomic E-state index is 0.767. The van der Waals surface area contributed by atoms with E-state index in [2.05, 4.69) is 52.9 Å². The van der Waals surface area contributed by atoms with Crippen molar-refractivity contribution in [3.05, 3.63) is 53.8 Å². The van der Waals surface area contributed by atoms with Crippen LogP contribution in [0.25, 0.3) is 11.6 Å². The van der Waals surface area contributed by atoms with Crippen molar-refractivity contribution in [1.29, 1.82) is 0 Å². The molecule has 22 heavy (non-hydrogen) atoms. The lowest BCUT2D eigenvalue weighted by molar-refractivity contribution is 0.559. The standard InChI is InChI=1S/C17H19N3OS/c1-3-9-20-16(15-8-5-10-21-15)18-19-17(20)22-12-14-7-4-6-13(2)11-14/h4-8,10-11H,3,9,12H2,1-2H3. The number of furan rings is 1. The Labute approximate surface area is 134 Å². The van der Waals surface area contributed by atoms with E-state index in [1.165, 1.54) is 11.1 Å². The Bertz CT molecular complexity index is 734. The van der Waals surface area contributed by atoms with Crippen molar-refractivity contribution in [2.24, 2.45) is 0 Å². The quantitative estimate of drug-likeness (QED) is 0.626. The SMILES string of the molecule is CCCn1c(SCc2cccc(C)c2)nnc1-c1ccco1. The molecule has 0 saturated heterocycles. The Hall–Kier alpha value is -2.01. The second-order valence-electron chi connectivity index (χ2n) is 5.21. The summed E-state index contributed by atoms with van der Waals surface area (Å²) in [7, 11) is 0. The number of aryl methyl sites for hydroxylation is 1. The van der Waals surface area contributed by atoms with Crippen LogP contribution in [0.3, 0.4) is 0 Å². The van der Waals surface area contributed by atoms with Gasteiger partial charge < -0.3 is 4.42 Å². The maximum atomic E-state index is 5.47. The van der Waals surface area contributed by atoms with Gasteiger partial charge in [0.05, 0.1) is 6.26 Å². The summed E-state index contributed by atoms with van der Waals surface area (Å²) in [5.74, 6) is 2.46. The lowest BCUT2D eigenvalue weighted by Crippen LogP contribution is -2.01. The zero-order chi connectivity index (χ0) is 15.4. The number of benzene rings is 1. The molecule has 0 radical (unpaired) electrons. The van der Waals surface area contributed by atoms with Gasteiger partial charge in [-0.1, -0.05) is 48.5 Å². The van der Waals surface area contributed by atoms with Gasteiger partial charge in [0.2, 0.25) is 0 Å². The molecule has 0 atom stereocenters. The first kappa shape index (κ1) is 14.9. The summed E-state index contributed by atoms with van der Waals surface area (Å²) in [6, 6.07) is 12.4. The molecule has 114 valence electrons. The van der Waals surface area contributed by atoms with Crippen molar-refractivity contribution >= 4 is 11.8 Å².